The molecule has 0 amide bonds. The first kappa shape index (κ1) is 16.2. The zero-order chi connectivity index (χ0) is 15.4. The Hall–Kier alpha value is -1.14. The summed E-state index contributed by atoms with van der Waals surface area (Å²) < 4.78 is 20.2. The Morgan fingerprint density at radius 1 is 1.29 bits per heavy atom. The van der Waals surface area contributed by atoms with Crippen LogP contribution in [0.2, 0.25) is 5.02 Å². The van der Waals surface area contributed by atoms with Crippen LogP contribution in [0, 0.1) is 5.82 Å². The number of hydrogen-bond donors (Lipinski definition) is 2. The predicted octanol–water partition coefficient (Wildman–Crippen LogP) is 4.19. The largest absolute Gasteiger partial charge is 0.494 e. The van der Waals surface area contributed by atoms with Crippen molar-refractivity contribution in [3.05, 3.63) is 62.8 Å². The molecule has 0 bridgehead atoms. The Kier molecular flexibility index (Phi) is 5.58. The fourth-order valence-corrected chi connectivity index (χ4v) is 2.53. The van der Waals surface area contributed by atoms with Crippen LogP contribution in [-0.2, 0) is 0 Å². The van der Waals surface area contributed by atoms with Gasteiger partial charge in [-0.05, 0) is 46.6 Å². The Morgan fingerprint density at radius 3 is 2.52 bits per heavy atom. The summed E-state index contributed by atoms with van der Waals surface area (Å²) in [5.41, 5.74) is 3.82. The first-order chi connectivity index (χ1) is 10.1. The zero-order valence-corrected chi connectivity index (χ0v) is 13.7. The van der Waals surface area contributed by atoms with E-state index in [0.717, 1.165) is 11.3 Å². The van der Waals surface area contributed by atoms with Crippen molar-refractivity contribution in [3.8, 4) is 5.75 Å². The van der Waals surface area contributed by atoms with E-state index in [4.69, 9.17) is 22.2 Å². The summed E-state index contributed by atoms with van der Waals surface area (Å²) in [6, 6.07) is 10.2. The van der Waals surface area contributed by atoms with E-state index in [1.807, 2.05) is 31.2 Å². The maximum absolute atomic E-state index is 14.3. The Balaban J connectivity index is 2.37. The smallest absolute Gasteiger partial charge is 0.148 e. The van der Waals surface area contributed by atoms with Crippen LogP contribution in [-0.4, -0.2) is 6.61 Å². The molecule has 0 aliphatic carbocycles. The third kappa shape index (κ3) is 3.55. The second-order valence-electron chi connectivity index (χ2n) is 4.37. The number of hydrazine groups is 1. The maximum atomic E-state index is 14.3. The van der Waals surface area contributed by atoms with Crippen LogP contribution >= 0.6 is 27.5 Å². The Bertz CT molecular complexity index is 622. The summed E-state index contributed by atoms with van der Waals surface area (Å²) >= 11 is 9.12. The van der Waals surface area contributed by atoms with Gasteiger partial charge in [-0.15, -0.1) is 0 Å². The van der Waals surface area contributed by atoms with Crippen LogP contribution in [0.1, 0.15) is 24.1 Å². The summed E-state index contributed by atoms with van der Waals surface area (Å²) in [6.45, 7) is 2.51. The van der Waals surface area contributed by atoms with Crippen LogP contribution in [0.5, 0.6) is 5.75 Å². The molecular formula is C15H15BrClFN2O. The minimum Gasteiger partial charge on any atom is -0.494 e. The average molecular weight is 374 g/mol. The molecule has 3 nitrogen and oxygen atoms in total. The van der Waals surface area contributed by atoms with E-state index >= 15 is 0 Å². The van der Waals surface area contributed by atoms with Gasteiger partial charge in [0.05, 0.1) is 17.7 Å². The third-order valence-corrected chi connectivity index (χ3v) is 4.33. The van der Waals surface area contributed by atoms with Gasteiger partial charge in [0.15, 0.2) is 0 Å². The van der Waals surface area contributed by atoms with Gasteiger partial charge in [-0.3, -0.25) is 5.84 Å². The van der Waals surface area contributed by atoms with Gasteiger partial charge in [0.25, 0.3) is 0 Å². The Morgan fingerprint density at radius 2 is 1.95 bits per heavy atom. The van der Waals surface area contributed by atoms with Crippen molar-refractivity contribution in [3.63, 3.8) is 0 Å². The third-order valence-electron chi connectivity index (χ3n) is 3.07. The minimum atomic E-state index is -0.497. The van der Waals surface area contributed by atoms with Crippen LogP contribution < -0.4 is 16.0 Å². The van der Waals surface area contributed by atoms with E-state index in [-0.39, 0.29) is 5.02 Å². The summed E-state index contributed by atoms with van der Waals surface area (Å²) in [7, 11) is 0. The molecule has 21 heavy (non-hydrogen) atoms. The van der Waals surface area contributed by atoms with Crippen LogP contribution in [0.4, 0.5) is 4.39 Å². The first-order valence-corrected chi connectivity index (χ1v) is 7.57. The van der Waals surface area contributed by atoms with Gasteiger partial charge in [0, 0.05) is 10.0 Å². The topological polar surface area (TPSA) is 47.3 Å². The summed E-state index contributed by atoms with van der Waals surface area (Å²) in [4.78, 5) is 0. The van der Waals surface area contributed by atoms with E-state index in [0.29, 0.717) is 16.6 Å². The number of nitrogens with two attached hydrogens (primary N) is 1. The lowest BCUT2D eigenvalue weighted by molar-refractivity contribution is 0.340. The van der Waals surface area contributed by atoms with Crippen molar-refractivity contribution in [1.29, 1.82) is 0 Å². The molecule has 0 radical (unpaired) electrons. The number of nitrogens with one attached hydrogen (secondary N) is 1. The molecule has 0 saturated carbocycles. The molecular weight excluding hydrogens is 359 g/mol. The lowest BCUT2D eigenvalue weighted by Crippen LogP contribution is -2.29. The molecule has 0 saturated heterocycles. The molecule has 0 aromatic heterocycles. The van der Waals surface area contributed by atoms with Crippen molar-refractivity contribution in [1.82, 2.24) is 5.43 Å². The molecule has 112 valence electrons. The monoisotopic (exact) mass is 372 g/mol. The van der Waals surface area contributed by atoms with E-state index in [9.17, 15) is 4.39 Å². The van der Waals surface area contributed by atoms with E-state index in [1.165, 1.54) is 0 Å². The van der Waals surface area contributed by atoms with Gasteiger partial charge in [-0.1, -0.05) is 29.8 Å². The second-order valence-corrected chi connectivity index (χ2v) is 5.60. The van der Waals surface area contributed by atoms with Crippen molar-refractivity contribution in [2.75, 3.05) is 6.61 Å². The summed E-state index contributed by atoms with van der Waals surface area (Å²) in [6.07, 6.45) is 0. The normalized spacial score (nSPS) is 12.2. The highest BCUT2D eigenvalue weighted by Crippen LogP contribution is 2.33. The molecule has 1 atom stereocenters. The number of halogens is 3. The van der Waals surface area contributed by atoms with E-state index in [2.05, 4.69) is 21.4 Å². The molecule has 2 rings (SSSR count). The average Bonchev–Trinajstić information content (AvgIpc) is 2.50. The molecule has 0 fully saturated rings. The molecule has 0 spiro atoms. The summed E-state index contributed by atoms with van der Waals surface area (Å²) in [5.74, 6) is 5.85. The molecule has 2 aromatic rings. The van der Waals surface area contributed by atoms with Crippen LogP contribution in [0.15, 0.2) is 40.9 Å². The molecule has 1 unspecified atom stereocenters. The van der Waals surface area contributed by atoms with E-state index in [1.54, 1.807) is 12.1 Å². The predicted molar refractivity (Wildman–Crippen MR) is 85.9 cm³/mol. The molecule has 0 heterocycles. The lowest BCUT2D eigenvalue weighted by Gasteiger charge is -2.19. The molecule has 3 N–H and O–H groups in total. The highest BCUT2D eigenvalue weighted by atomic mass is 79.9. The Labute approximate surface area is 136 Å². The quantitative estimate of drug-likeness (QED) is 0.469. The number of ether oxygens (including phenoxy) is 1. The lowest BCUT2D eigenvalue weighted by atomic mass is 9.99. The van der Waals surface area contributed by atoms with Gasteiger partial charge in [-0.2, -0.15) is 0 Å². The van der Waals surface area contributed by atoms with Gasteiger partial charge in [0.2, 0.25) is 0 Å². The van der Waals surface area contributed by atoms with Gasteiger partial charge >= 0.3 is 0 Å². The first-order valence-electron chi connectivity index (χ1n) is 6.40. The molecule has 6 heteroatoms. The number of benzene rings is 2. The van der Waals surface area contributed by atoms with Crippen molar-refractivity contribution in [2.45, 2.75) is 13.0 Å². The van der Waals surface area contributed by atoms with Crippen LogP contribution in [0.25, 0.3) is 0 Å². The second kappa shape index (κ2) is 7.22. The molecule has 0 aliphatic rings. The van der Waals surface area contributed by atoms with Gasteiger partial charge < -0.3 is 4.74 Å². The summed E-state index contributed by atoms with van der Waals surface area (Å²) in [5, 5.41) is 0.0405. The van der Waals surface area contributed by atoms with Crippen molar-refractivity contribution < 1.29 is 9.13 Å². The van der Waals surface area contributed by atoms with Crippen LogP contribution in [0.3, 0.4) is 0 Å². The fourth-order valence-electron chi connectivity index (χ4n) is 2.05. The van der Waals surface area contributed by atoms with Crippen molar-refractivity contribution >= 4 is 27.5 Å². The molecule has 0 aliphatic heterocycles. The van der Waals surface area contributed by atoms with Crippen molar-refractivity contribution in [2.24, 2.45) is 5.84 Å². The fraction of sp³-hybridized carbons (Fsp3) is 0.200. The standard InChI is InChI=1S/C15H15BrClFN2O/c1-2-21-10-5-3-9(4-6-10)15(20-19)11-7-8-12(16)13(17)14(11)18/h3-8,15,20H,2,19H2,1H3. The highest BCUT2D eigenvalue weighted by molar-refractivity contribution is 9.10. The number of rotatable bonds is 5. The van der Waals surface area contributed by atoms with Gasteiger partial charge in [-0.25, -0.2) is 9.82 Å². The zero-order valence-electron chi connectivity index (χ0n) is 11.4. The maximum Gasteiger partial charge on any atom is 0.148 e. The highest BCUT2D eigenvalue weighted by Gasteiger charge is 2.19. The SMILES string of the molecule is CCOc1ccc(C(NN)c2ccc(Br)c(Cl)c2F)cc1. The van der Waals surface area contributed by atoms with Gasteiger partial charge in [0.1, 0.15) is 11.6 Å². The molecule has 2 aromatic carbocycles. The minimum absolute atomic E-state index is 0.0405. The van der Waals surface area contributed by atoms with E-state index < -0.39 is 11.9 Å². The number of hydrogen-bond acceptors (Lipinski definition) is 3.